The van der Waals surface area contributed by atoms with E-state index in [0.29, 0.717) is 32.0 Å². The Morgan fingerprint density at radius 1 is 0.952 bits per heavy atom. The third-order valence-corrected chi connectivity index (χ3v) is 4.08. The van der Waals surface area contributed by atoms with Gasteiger partial charge in [0.15, 0.2) is 5.41 Å². The van der Waals surface area contributed by atoms with E-state index in [2.05, 4.69) is 13.8 Å². The van der Waals surface area contributed by atoms with Gasteiger partial charge in [0, 0.05) is 0 Å². The normalized spacial score (nSPS) is 13.1. The van der Waals surface area contributed by atoms with Gasteiger partial charge in [0.05, 0.1) is 13.2 Å². The Morgan fingerprint density at radius 2 is 1.48 bits per heavy atom. The fourth-order valence-electron chi connectivity index (χ4n) is 1.99. The molecule has 0 saturated carbocycles. The average molecular weight is 300 g/mol. The van der Waals surface area contributed by atoms with Gasteiger partial charge in [-0.05, 0) is 31.1 Å². The van der Waals surface area contributed by atoms with Gasteiger partial charge in [0.1, 0.15) is 0 Å². The molecule has 4 heteroatoms. The third-order valence-electron chi connectivity index (χ3n) is 4.08. The zero-order valence-corrected chi connectivity index (χ0v) is 14.5. The molecule has 0 aromatic carbocycles. The average Bonchev–Trinajstić information content (AvgIpc) is 2.46. The van der Waals surface area contributed by atoms with Gasteiger partial charge in [-0.3, -0.25) is 9.59 Å². The smallest absolute Gasteiger partial charge is 0.323 e. The Labute approximate surface area is 129 Å². The van der Waals surface area contributed by atoms with Crippen LogP contribution in [0, 0.1) is 17.3 Å². The summed E-state index contributed by atoms with van der Waals surface area (Å²) < 4.78 is 10.6. The molecule has 0 spiro atoms. The molecule has 0 saturated heterocycles. The maximum absolute atomic E-state index is 12.4. The number of carbonyl (C=O) groups is 2. The van der Waals surface area contributed by atoms with Crippen LogP contribution in [0.2, 0.25) is 0 Å². The van der Waals surface area contributed by atoms with Crippen LogP contribution < -0.4 is 0 Å². The molecular formula is C17H32O4. The minimum Gasteiger partial charge on any atom is -0.465 e. The van der Waals surface area contributed by atoms with E-state index in [1.54, 1.807) is 0 Å². The van der Waals surface area contributed by atoms with Crippen LogP contribution in [0.3, 0.4) is 0 Å². The largest absolute Gasteiger partial charge is 0.465 e. The Kier molecular flexibility index (Phi) is 9.31. The molecule has 0 heterocycles. The van der Waals surface area contributed by atoms with E-state index in [1.165, 1.54) is 0 Å². The van der Waals surface area contributed by atoms with Gasteiger partial charge in [-0.2, -0.15) is 0 Å². The summed E-state index contributed by atoms with van der Waals surface area (Å²) >= 11 is 0. The molecule has 0 fully saturated rings. The van der Waals surface area contributed by atoms with E-state index < -0.39 is 17.4 Å². The van der Waals surface area contributed by atoms with Gasteiger partial charge in [-0.15, -0.1) is 0 Å². The summed E-state index contributed by atoms with van der Waals surface area (Å²) in [5.41, 5.74) is -1.15. The van der Waals surface area contributed by atoms with E-state index >= 15 is 0 Å². The van der Waals surface area contributed by atoms with Crippen LogP contribution in [0.5, 0.6) is 0 Å². The van der Waals surface area contributed by atoms with Crippen molar-refractivity contribution in [3.8, 4) is 0 Å². The SMILES string of the molecule is CCC(C)CCOC(=O)C(CC)(CC)C(=O)OCC(C)C. The first-order valence-electron chi connectivity index (χ1n) is 8.18. The second-order valence-electron chi connectivity index (χ2n) is 6.22. The van der Waals surface area contributed by atoms with Crippen LogP contribution >= 0.6 is 0 Å². The number of rotatable bonds is 10. The molecule has 4 nitrogen and oxygen atoms in total. The first-order valence-corrected chi connectivity index (χ1v) is 8.18. The van der Waals surface area contributed by atoms with Crippen molar-refractivity contribution in [2.24, 2.45) is 17.3 Å². The van der Waals surface area contributed by atoms with Gasteiger partial charge in [0.25, 0.3) is 0 Å². The summed E-state index contributed by atoms with van der Waals surface area (Å²) in [5.74, 6) is -0.121. The van der Waals surface area contributed by atoms with Crippen molar-refractivity contribution in [3.63, 3.8) is 0 Å². The van der Waals surface area contributed by atoms with Crippen molar-refractivity contribution in [1.82, 2.24) is 0 Å². The van der Waals surface area contributed by atoms with E-state index in [9.17, 15) is 9.59 Å². The van der Waals surface area contributed by atoms with Crippen LogP contribution in [0.25, 0.3) is 0 Å². The summed E-state index contributed by atoms with van der Waals surface area (Å²) in [5, 5.41) is 0. The van der Waals surface area contributed by atoms with Crippen LogP contribution in [0.1, 0.15) is 67.2 Å². The topological polar surface area (TPSA) is 52.6 Å². The molecule has 124 valence electrons. The lowest BCUT2D eigenvalue weighted by Gasteiger charge is -2.27. The molecule has 0 aromatic heterocycles. The van der Waals surface area contributed by atoms with E-state index in [1.807, 2.05) is 27.7 Å². The highest BCUT2D eigenvalue weighted by Gasteiger charge is 2.45. The first-order chi connectivity index (χ1) is 9.83. The van der Waals surface area contributed by atoms with Gasteiger partial charge >= 0.3 is 11.9 Å². The predicted octanol–water partition coefficient (Wildman–Crippen LogP) is 3.97. The lowest BCUT2D eigenvalue weighted by atomic mass is 9.82. The lowest BCUT2D eigenvalue weighted by molar-refractivity contribution is -0.174. The molecule has 0 bridgehead atoms. The Balaban J connectivity index is 4.68. The molecule has 0 rings (SSSR count). The molecule has 0 aliphatic heterocycles. The number of hydrogen-bond donors (Lipinski definition) is 0. The third kappa shape index (κ3) is 6.06. The fourth-order valence-corrected chi connectivity index (χ4v) is 1.99. The zero-order valence-electron chi connectivity index (χ0n) is 14.5. The molecule has 0 N–H and O–H groups in total. The highest BCUT2D eigenvalue weighted by molar-refractivity contribution is 5.99. The van der Waals surface area contributed by atoms with Gasteiger partial charge in [-0.25, -0.2) is 0 Å². The predicted molar refractivity (Wildman–Crippen MR) is 83.8 cm³/mol. The molecule has 0 radical (unpaired) electrons. The lowest BCUT2D eigenvalue weighted by Crippen LogP contribution is -2.41. The summed E-state index contributed by atoms with van der Waals surface area (Å²) in [6.07, 6.45) is 2.69. The van der Waals surface area contributed by atoms with Crippen molar-refractivity contribution >= 4 is 11.9 Å². The Hall–Kier alpha value is -1.06. The second-order valence-corrected chi connectivity index (χ2v) is 6.22. The van der Waals surface area contributed by atoms with E-state index in [-0.39, 0.29) is 5.92 Å². The van der Waals surface area contributed by atoms with Crippen molar-refractivity contribution in [2.75, 3.05) is 13.2 Å². The molecule has 21 heavy (non-hydrogen) atoms. The van der Waals surface area contributed by atoms with Crippen molar-refractivity contribution in [3.05, 3.63) is 0 Å². The Bertz CT molecular complexity index is 319. The van der Waals surface area contributed by atoms with Crippen molar-refractivity contribution < 1.29 is 19.1 Å². The van der Waals surface area contributed by atoms with Gasteiger partial charge < -0.3 is 9.47 Å². The number of esters is 2. The van der Waals surface area contributed by atoms with Crippen molar-refractivity contribution in [1.29, 1.82) is 0 Å². The monoisotopic (exact) mass is 300 g/mol. The molecule has 0 aliphatic rings. The first kappa shape index (κ1) is 19.9. The van der Waals surface area contributed by atoms with Crippen molar-refractivity contribution in [2.45, 2.75) is 67.2 Å². The second kappa shape index (κ2) is 9.80. The van der Waals surface area contributed by atoms with E-state index in [4.69, 9.17) is 9.47 Å². The minimum atomic E-state index is -1.15. The molecule has 0 amide bonds. The quantitative estimate of drug-likeness (QED) is 0.452. The summed E-state index contributed by atoms with van der Waals surface area (Å²) in [6, 6.07) is 0. The molecule has 1 unspecified atom stereocenters. The fraction of sp³-hybridized carbons (Fsp3) is 0.882. The van der Waals surface area contributed by atoms with E-state index in [0.717, 1.165) is 12.8 Å². The molecular weight excluding hydrogens is 268 g/mol. The maximum atomic E-state index is 12.4. The van der Waals surface area contributed by atoms with Crippen LogP contribution in [0.15, 0.2) is 0 Å². The Morgan fingerprint density at radius 3 is 1.90 bits per heavy atom. The maximum Gasteiger partial charge on any atom is 0.323 e. The highest BCUT2D eigenvalue weighted by Crippen LogP contribution is 2.30. The standard InChI is InChI=1S/C17H32O4/c1-7-14(6)10-11-20-15(18)17(8-2,9-3)16(19)21-12-13(4)5/h13-14H,7-12H2,1-6H3. The summed E-state index contributed by atoms with van der Waals surface area (Å²) in [6.45, 7) is 12.5. The highest BCUT2D eigenvalue weighted by atomic mass is 16.6. The van der Waals surface area contributed by atoms with Gasteiger partial charge in [0.2, 0.25) is 0 Å². The minimum absolute atomic E-state index is 0.252. The van der Waals surface area contributed by atoms with Crippen LogP contribution in [-0.4, -0.2) is 25.2 Å². The van der Waals surface area contributed by atoms with Gasteiger partial charge in [-0.1, -0.05) is 48.0 Å². The molecule has 0 aromatic rings. The number of carbonyl (C=O) groups excluding carboxylic acids is 2. The summed E-state index contributed by atoms with van der Waals surface area (Å²) in [4.78, 5) is 24.7. The van der Waals surface area contributed by atoms with Crippen LogP contribution in [0.4, 0.5) is 0 Å². The van der Waals surface area contributed by atoms with Crippen LogP contribution in [-0.2, 0) is 19.1 Å². The molecule has 0 aliphatic carbocycles. The number of hydrogen-bond acceptors (Lipinski definition) is 4. The summed E-state index contributed by atoms with van der Waals surface area (Å²) in [7, 11) is 0. The number of ether oxygens (including phenoxy) is 2. The molecule has 1 atom stereocenters. The zero-order chi connectivity index (χ0) is 16.5.